The van der Waals surface area contributed by atoms with Crippen LogP contribution in [0.3, 0.4) is 0 Å². The van der Waals surface area contributed by atoms with Crippen molar-refractivity contribution < 1.29 is 33.4 Å². The molecule has 0 rings (SSSR count). The molecule has 1 atom stereocenters. The summed E-state index contributed by atoms with van der Waals surface area (Å²) in [5.74, 6) is -0.866. The number of carbonyl (C=O) groups is 2. The molecule has 0 aliphatic heterocycles. The van der Waals surface area contributed by atoms with Crippen LogP contribution in [0.1, 0.15) is 219 Å². The SMILES string of the molecule is CCCCCCCCCCCCCCCCCC(=O)OC[C@@H](CSP(=O)(O)O)OC(=O)CCCCCCCCCCCCCCCCC. The van der Waals surface area contributed by atoms with Gasteiger partial charge in [0.05, 0.1) is 0 Å². The summed E-state index contributed by atoms with van der Waals surface area (Å²) >= 11 is 0.422. The van der Waals surface area contributed by atoms with E-state index < -0.39 is 18.9 Å². The van der Waals surface area contributed by atoms with Crippen LogP contribution >= 0.6 is 18.2 Å². The van der Waals surface area contributed by atoms with Crippen molar-refractivity contribution in [1.82, 2.24) is 0 Å². The molecule has 0 saturated heterocycles. The molecule has 286 valence electrons. The summed E-state index contributed by atoms with van der Waals surface area (Å²) in [7, 11) is 0. The Hall–Kier alpha value is -0.560. The van der Waals surface area contributed by atoms with Crippen molar-refractivity contribution in [3.05, 3.63) is 0 Å². The number of rotatable bonds is 38. The van der Waals surface area contributed by atoms with Gasteiger partial charge in [-0.15, -0.1) is 0 Å². The van der Waals surface area contributed by atoms with E-state index in [0.29, 0.717) is 17.8 Å². The lowest BCUT2D eigenvalue weighted by Gasteiger charge is -2.18. The van der Waals surface area contributed by atoms with E-state index in [4.69, 9.17) is 9.47 Å². The van der Waals surface area contributed by atoms with Crippen molar-refractivity contribution in [3.8, 4) is 0 Å². The van der Waals surface area contributed by atoms with Gasteiger partial charge in [0.15, 0.2) is 0 Å². The highest BCUT2D eigenvalue weighted by Gasteiger charge is 2.23. The Morgan fingerprint density at radius 3 is 1.10 bits per heavy atom. The van der Waals surface area contributed by atoms with E-state index in [2.05, 4.69) is 13.8 Å². The van der Waals surface area contributed by atoms with Crippen molar-refractivity contribution in [3.63, 3.8) is 0 Å². The van der Waals surface area contributed by atoms with Gasteiger partial charge in [0.2, 0.25) is 0 Å². The van der Waals surface area contributed by atoms with E-state index in [1.807, 2.05) is 0 Å². The molecule has 0 fully saturated rings. The van der Waals surface area contributed by atoms with E-state index in [-0.39, 0.29) is 24.7 Å². The first-order valence-corrected chi connectivity index (χ1v) is 23.5. The zero-order chi connectivity index (χ0) is 35.4. The Morgan fingerprint density at radius 1 is 0.500 bits per heavy atom. The summed E-state index contributed by atoms with van der Waals surface area (Å²) in [6.07, 6.45) is 37.3. The predicted octanol–water partition coefficient (Wildman–Crippen LogP) is 12.8. The van der Waals surface area contributed by atoms with Crippen molar-refractivity contribution in [2.75, 3.05) is 12.4 Å². The fourth-order valence-corrected chi connectivity index (χ4v) is 7.69. The molecule has 0 aromatic heterocycles. The van der Waals surface area contributed by atoms with Gasteiger partial charge in [-0.25, -0.2) is 4.57 Å². The van der Waals surface area contributed by atoms with E-state index >= 15 is 0 Å². The van der Waals surface area contributed by atoms with Crippen LogP contribution in [-0.4, -0.2) is 40.2 Å². The van der Waals surface area contributed by atoms with Crippen molar-refractivity contribution in [1.29, 1.82) is 0 Å². The molecule has 0 aliphatic carbocycles. The maximum atomic E-state index is 12.4. The van der Waals surface area contributed by atoms with Crippen LogP contribution in [0.4, 0.5) is 0 Å². The molecule has 0 heterocycles. The number of unbranched alkanes of at least 4 members (excludes halogenated alkanes) is 28. The van der Waals surface area contributed by atoms with Gasteiger partial charge >= 0.3 is 18.7 Å². The Kier molecular flexibility index (Phi) is 35.8. The van der Waals surface area contributed by atoms with Crippen LogP contribution in [-0.2, 0) is 23.6 Å². The van der Waals surface area contributed by atoms with E-state index in [1.165, 1.54) is 154 Å². The Labute approximate surface area is 300 Å². The summed E-state index contributed by atoms with van der Waals surface area (Å²) in [5.41, 5.74) is 0. The molecule has 7 nitrogen and oxygen atoms in total. The maximum Gasteiger partial charge on any atom is 0.384 e. The average Bonchev–Trinajstić information content (AvgIpc) is 3.05. The van der Waals surface area contributed by atoms with Crippen molar-refractivity contribution in [2.24, 2.45) is 0 Å². The van der Waals surface area contributed by atoms with Gasteiger partial charge < -0.3 is 19.3 Å². The zero-order valence-electron chi connectivity index (χ0n) is 31.4. The molecule has 0 saturated carbocycles. The first kappa shape index (κ1) is 47.4. The number of esters is 2. The molecule has 0 aliphatic rings. The molecule has 0 unspecified atom stereocenters. The Bertz CT molecular complexity index is 761. The Balaban J connectivity index is 3.88. The minimum absolute atomic E-state index is 0.110. The van der Waals surface area contributed by atoms with Crippen molar-refractivity contribution >= 4 is 30.1 Å². The summed E-state index contributed by atoms with van der Waals surface area (Å²) in [5, 5.41) is 0. The van der Waals surface area contributed by atoms with Crippen LogP contribution in [0.25, 0.3) is 0 Å². The Morgan fingerprint density at radius 2 is 0.792 bits per heavy atom. The topological polar surface area (TPSA) is 110 Å². The molecule has 48 heavy (non-hydrogen) atoms. The fraction of sp³-hybridized carbons (Fsp3) is 0.949. The van der Waals surface area contributed by atoms with Crippen LogP contribution in [0.15, 0.2) is 0 Å². The zero-order valence-corrected chi connectivity index (χ0v) is 33.1. The molecular formula is C39H77O7PS. The van der Waals surface area contributed by atoms with E-state index in [1.54, 1.807) is 0 Å². The van der Waals surface area contributed by atoms with Crippen LogP contribution in [0, 0.1) is 0 Å². The smallest absolute Gasteiger partial charge is 0.384 e. The third-order valence-corrected chi connectivity index (χ3v) is 11.4. The van der Waals surface area contributed by atoms with Gasteiger partial charge in [-0.2, -0.15) is 0 Å². The van der Waals surface area contributed by atoms with E-state index in [0.717, 1.165) is 38.5 Å². The molecule has 0 amide bonds. The molecule has 2 N–H and O–H groups in total. The molecule has 0 radical (unpaired) electrons. The minimum Gasteiger partial charge on any atom is -0.462 e. The maximum absolute atomic E-state index is 12.4. The number of hydrogen-bond acceptors (Lipinski definition) is 6. The van der Waals surface area contributed by atoms with Crippen LogP contribution in [0.2, 0.25) is 0 Å². The van der Waals surface area contributed by atoms with Gasteiger partial charge in [-0.05, 0) is 24.2 Å². The van der Waals surface area contributed by atoms with Crippen LogP contribution < -0.4 is 0 Å². The van der Waals surface area contributed by atoms with E-state index in [9.17, 15) is 23.9 Å². The molecule has 0 spiro atoms. The second-order valence-corrected chi connectivity index (χ2v) is 17.8. The van der Waals surface area contributed by atoms with Crippen LogP contribution in [0.5, 0.6) is 0 Å². The first-order valence-electron chi connectivity index (χ1n) is 20.3. The fourth-order valence-electron chi connectivity index (χ4n) is 6.08. The monoisotopic (exact) mass is 721 g/mol. The molecule has 9 heteroatoms. The minimum atomic E-state index is -4.33. The van der Waals surface area contributed by atoms with Gasteiger partial charge in [-0.1, -0.05) is 194 Å². The third-order valence-electron chi connectivity index (χ3n) is 9.13. The number of carbonyl (C=O) groups excluding carboxylic acids is 2. The van der Waals surface area contributed by atoms with Gasteiger partial charge in [0.1, 0.15) is 12.7 Å². The van der Waals surface area contributed by atoms with Gasteiger partial charge in [0.25, 0.3) is 0 Å². The summed E-state index contributed by atoms with van der Waals surface area (Å²) < 4.78 is 22.2. The quantitative estimate of drug-likeness (QED) is 0.0368. The molecule has 0 aromatic rings. The summed E-state index contributed by atoms with van der Waals surface area (Å²) in [4.78, 5) is 43.2. The second kappa shape index (κ2) is 36.2. The summed E-state index contributed by atoms with van der Waals surface area (Å²) in [6, 6.07) is 0. The highest BCUT2D eigenvalue weighted by Crippen LogP contribution is 2.50. The average molecular weight is 721 g/mol. The van der Waals surface area contributed by atoms with Gasteiger partial charge in [-0.3, -0.25) is 9.59 Å². The lowest BCUT2D eigenvalue weighted by Crippen LogP contribution is -2.27. The van der Waals surface area contributed by atoms with Crippen molar-refractivity contribution in [2.45, 2.75) is 225 Å². The number of ether oxygens (including phenoxy) is 2. The highest BCUT2D eigenvalue weighted by molar-refractivity contribution is 8.54. The lowest BCUT2D eigenvalue weighted by molar-refractivity contribution is -0.157. The predicted molar refractivity (Wildman–Crippen MR) is 204 cm³/mol. The lowest BCUT2D eigenvalue weighted by atomic mass is 10.0. The third kappa shape index (κ3) is 38.2. The molecule has 0 bridgehead atoms. The van der Waals surface area contributed by atoms with Gasteiger partial charge in [0, 0.05) is 18.6 Å². The number of hydrogen-bond donors (Lipinski definition) is 2. The molecular weight excluding hydrogens is 643 g/mol. The normalized spacial score (nSPS) is 12.3. The standard InChI is InChI=1S/C39H77O7PS/c1-3-5-7-9-11-13-15-17-19-21-23-25-27-29-31-33-38(40)45-35-37(36-48-47(42,43)44)46-39(41)34-32-30-28-26-24-22-20-18-16-14-12-10-8-6-4-2/h37H,3-36H2,1-2H3,(H2,42,43,44)/t37-/m0/s1. The second-order valence-electron chi connectivity index (χ2n) is 14.0. The first-order chi connectivity index (χ1) is 23.3. The largest absolute Gasteiger partial charge is 0.462 e. The molecule has 0 aromatic carbocycles. The highest BCUT2D eigenvalue weighted by atomic mass is 32.7. The summed E-state index contributed by atoms with van der Waals surface area (Å²) in [6.45, 7) is 0.0212.